The van der Waals surface area contributed by atoms with Crippen LogP contribution in [-0.4, -0.2) is 37.6 Å². The van der Waals surface area contributed by atoms with E-state index in [0.29, 0.717) is 4.48 Å². The Bertz CT molecular complexity index is 88.4. The second-order valence-electron chi connectivity index (χ2n) is 2.64. The highest BCUT2D eigenvalue weighted by Crippen LogP contribution is 2.18. The predicted molar refractivity (Wildman–Crippen MR) is 26.8 cm³/mol. The predicted octanol–water partition coefficient (Wildman–Crippen LogP) is 0.712. The van der Waals surface area contributed by atoms with Crippen LogP contribution in [0.1, 0.15) is 0 Å². The van der Waals surface area contributed by atoms with Crippen molar-refractivity contribution in [2.75, 3.05) is 26.7 Å². The van der Waals surface area contributed by atoms with Gasteiger partial charge < -0.3 is 4.48 Å². The van der Waals surface area contributed by atoms with Gasteiger partial charge in [-0.05, 0) is 0 Å². The molecule has 0 amide bonds. The molecule has 0 saturated carbocycles. The maximum atomic E-state index is 11.6. The van der Waals surface area contributed by atoms with Gasteiger partial charge in [-0.25, -0.2) is 8.78 Å². The second kappa shape index (κ2) is 1.65. The van der Waals surface area contributed by atoms with Crippen LogP contribution >= 0.6 is 0 Å². The number of hydrogen-bond acceptors (Lipinski definition) is 0. The molecule has 0 aromatic carbocycles. The Morgan fingerprint density at radius 3 is 2.12 bits per heavy atom. The van der Waals surface area contributed by atoms with Gasteiger partial charge >= 0.3 is 0 Å². The molecular weight excluding hydrogens is 112 g/mol. The van der Waals surface area contributed by atoms with Gasteiger partial charge in [-0.1, -0.05) is 0 Å². The number of rotatable bonds is 2. The Hall–Kier alpha value is -0.180. The summed E-state index contributed by atoms with van der Waals surface area (Å²) in [4.78, 5) is 0. The maximum Gasteiger partial charge on any atom is 0.286 e. The van der Waals surface area contributed by atoms with Gasteiger partial charge in [0, 0.05) is 0 Å². The molecule has 0 aromatic rings. The van der Waals surface area contributed by atoms with Crippen LogP contribution in [0.15, 0.2) is 0 Å². The molecule has 1 saturated heterocycles. The molecular formula is C5H10F2N+. The van der Waals surface area contributed by atoms with Crippen molar-refractivity contribution in [3.05, 3.63) is 0 Å². The lowest BCUT2D eigenvalue weighted by molar-refractivity contribution is -0.782. The van der Waals surface area contributed by atoms with Gasteiger partial charge in [0.25, 0.3) is 6.43 Å². The summed E-state index contributed by atoms with van der Waals surface area (Å²) in [5.41, 5.74) is 0. The van der Waals surface area contributed by atoms with Crippen LogP contribution in [0.3, 0.4) is 0 Å². The summed E-state index contributed by atoms with van der Waals surface area (Å²) < 4.78 is 23.7. The van der Waals surface area contributed by atoms with E-state index in [4.69, 9.17) is 0 Å². The first kappa shape index (κ1) is 5.95. The monoisotopic (exact) mass is 122 g/mol. The van der Waals surface area contributed by atoms with Gasteiger partial charge in [-0.15, -0.1) is 0 Å². The van der Waals surface area contributed by atoms with E-state index in [9.17, 15) is 8.78 Å². The van der Waals surface area contributed by atoms with Crippen molar-refractivity contribution in [2.24, 2.45) is 0 Å². The molecule has 1 rings (SSSR count). The molecule has 0 aliphatic carbocycles. The van der Waals surface area contributed by atoms with Crippen molar-refractivity contribution in [1.29, 1.82) is 0 Å². The SMILES string of the molecule is C[N+]1(CC(F)F)CC1. The molecule has 0 bridgehead atoms. The number of alkyl halides is 2. The minimum Gasteiger partial charge on any atom is -0.312 e. The Morgan fingerprint density at radius 1 is 1.50 bits per heavy atom. The summed E-state index contributed by atoms with van der Waals surface area (Å²) >= 11 is 0. The van der Waals surface area contributed by atoms with Crippen LogP contribution in [-0.2, 0) is 0 Å². The Kier molecular flexibility index (Phi) is 1.23. The standard InChI is InChI=1S/C5H10F2N/c1-8(2-3-8)4-5(6)7/h5H,2-4H2,1H3/q+1. The average molecular weight is 122 g/mol. The molecule has 0 spiro atoms. The molecule has 0 N–H and O–H groups in total. The van der Waals surface area contributed by atoms with Crippen LogP contribution in [0, 0.1) is 0 Å². The summed E-state index contributed by atoms with van der Waals surface area (Å²) in [6.07, 6.45) is -2.12. The first-order valence-electron chi connectivity index (χ1n) is 2.74. The zero-order chi connectivity index (χ0) is 6.20. The molecule has 1 heterocycles. The van der Waals surface area contributed by atoms with Gasteiger partial charge in [-0.2, -0.15) is 0 Å². The number of likely N-dealkylation sites (N-methyl/N-ethyl adjacent to an activating group) is 1. The molecule has 0 atom stereocenters. The summed E-state index contributed by atoms with van der Waals surface area (Å²) in [6.45, 7) is 1.91. The maximum absolute atomic E-state index is 11.6. The lowest BCUT2D eigenvalue weighted by Crippen LogP contribution is -2.26. The molecule has 3 heteroatoms. The summed E-state index contributed by atoms with van der Waals surface area (Å²) in [6, 6.07) is 0. The van der Waals surface area contributed by atoms with Crippen molar-refractivity contribution in [3.63, 3.8) is 0 Å². The third kappa shape index (κ3) is 1.40. The quantitative estimate of drug-likeness (QED) is 0.374. The first-order chi connectivity index (χ1) is 3.62. The Morgan fingerprint density at radius 2 is 2.00 bits per heavy atom. The van der Waals surface area contributed by atoms with Crippen molar-refractivity contribution in [3.8, 4) is 0 Å². The van der Waals surface area contributed by atoms with Gasteiger partial charge in [0.1, 0.15) is 19.6 Å². The summed E-state index contributed by atoms with van der Waals surface area (Å²) in [5.74, 6) is 0. The average Bonchev–Trinajstić information content (AvgIpc) is 2.17. The fraction of sp³-hybridized carbons (Fsp3) is 1.00. The minimum absolute atomic E-state index is 0.0417. The molecule has 0 unspecified atom stereocenters. The third-order valence-electron chi connectivity index (χ3n) is 1.57. The van der Waals surface area contributed by atoms with Crippen molar-refractivity contribution in [2.45, 2.75) is 6.43 Å². The zero-order valence-corrected chi connectivity index (χ0v) is 4.90. The van der Waals surface area contributed by atoms with Gasteiger partial charge in [-0.3, -0.25) is 0 Å². The fourth-order valence-electron chi connectivity index (χ4n) is 0.686. The highest BCUT2D eigenvalue weighted by molar-refractivity contribution is 4.52. The highest BCUT2D eigenvalue weighted by atomic mass is 19.3. The van der Waals surface area contributed by atoms with Crippen molar-refractivity contribution in [1.82, 2.24) is 0 Å². The van der Waals surface area contributed by atoms with E-state index in [0.717, 1.165) is 13.1 Å². The molecule has 0 radical (unpaired) electrons. The van der Waals surface area contributed by atoms with E-state index in [1.807, 2.05) is 7.05 Å². The van der Waals surface area contributed by atoms with Crippen molar-refractivity contribution >= 4 is 0 Å². The largest absolute Gasteiger partial charge is 0.312 e. The van der Waals surface area contributed by atoms with E-state index in [-0.39, 0.29) is 6.54 Å². The van der Waals surface area contributed by atoms with Crippen LogP contribution < -0.4 is 0 Å². The van der Waals surface area contributed by atoms with Crippen LogP contribution in [0.4, 0.5) is 8.78 Å². The number of halogens is 2. The Labute approximate surface area is 47.5 Å². The lowest BCUT2D eigenvalue weighted by atomic mass is 10.6. The van der Waals surface area contributed by atoms with Gasteiger partial charge in [0.2, 0.25) is 0 Å². The van der Waals surface area contributed by atoms with E-state index in [2.05, 4.69) is 0 Å². The molecule has 8 heavy (non-hydrogen) atoms. The fourth-order valence-corrected chi connectivity index (χ4v) is 0.686. The Balaban J connectivity index is 2.19. The lowest BCUT2D eigenvalue weighted by Gasteiger charge is -2.08. The molecule has 1 aliphatic heterocycles. The van der Waals surface area contributed by atoms with Crippen LogP contribution in [0.25, 0.3) is 0 Å². The molecule has 48 valence electrons. The van der Waals surface area contributed by atoms with E-state index in [1.54, 1.807) is 0 Å². The van der Waals surface area contributed by atoms with E-state index in [1.165, 1.54) is 0 Å². The number of nitrogens with zero attached hydrogens (tertiary/aromatic N) is 1. The number of quaternary nitrogens is 1. The van der Waals surface area contributed by atoms with Crippen molar-refractivity contribution < 1.29 is 13.3 Å². The molecule has 0 aromatic heterocycles. The minimum atomic E-state index is -2.12. The van der Waals surface area contributed by atoms with Gasteiger partial charge in [0.05, 0.1) is 7.05 Å². The topological polar surface area (TPSA) is 0 Å². The number of hydrogen-bond donors (Lipinski definition) is 0. The smallest absolute Gasteiger partial charge is 0.286 e. The molecule has 1 nitrogen and oxygen atoms in total. The van der Waals surface area contributed by atoms with E-state index >= 15 is 0 Å². The van der Waals surface area contributed by atoms with Crippen LogP contribution in [0.2, 0.25) is 0 Å². The second-order valence-corrected chi connectivity index (χ2v) is 2.64. The summed E-state index contributed by atoms with van der Waals surface area (Å²) in [7, 11) is 1.85. The normalized spacial score (nSPS) is 24.0. The zero-order valence-electron chi connectivity index (χ0n) is 4.90. The van der Waals surface area contributed by atoms with Gasteiger partial charge in [0.15, 0.2) is 0 Å². The first-order valence-corrected chi connectivity index (χ1v) is 2.74. The summed E-state index contributed by atoms with van der Waals surface area (Å²) in [5, 5.41) is 0. The third-order valence-corrected chi connectivity index (χ3v) is 1.57. The molecule has 1 aliphatic rings. The van der Waals surface area contributed by atoms with Crippen LogP contribution in [0.5, 0.6) is 0 Å². The molecule has 1 fully saturated rings. The van der Waals surface area contributed by atoms with E-state index < -0.39 is 6.43 Å². The highest BCUT2D eigenvalue weighted by Gasteiger charge is 2.39.